The van der Waals surface area contributed by atoms with Crippen molar-refractivity contribution >= 4 is 22.6 Å². The number of fused-ring (bicyclic) bond motifs is 1. The number of nitriles is 1. The molecule has 2 atom stereocenters. The van der Waals surface area contributed by atoms with Crippen LogP contribution in [0.4, 0.5) is 0 Å². The first-order valence-corrected chi connectivity index (χ1v) is 6.32. The molecule has 1 heterocycles. The third kappa shape index (κ3) is 1.47. The summed E-state index contributed by atoms with van der Waals surface area (Å²) in [6.07, 6.45) is 0. The second kappa shape index (κ2) is 4.17. The Bertz CT molecular complexity index is 770. The lowest BCUT2D eigenvalue weighted by atomic mass is 9.72. The van der Waals surface area contributed by atoms with Gasteiger partial charge in [0.1, 0.15) is 5.92 Å². The van der Waals surface area contributed by atoms with Crippen molar-refractivity contribution in [3.8, 4) is 6.07 Å². The normalized spacial score (nSPS) is 25.5. The first-order chi connectivity index (χ1) is 9.59. The summed E-state index contributed by atoms with van der Waals surface area (Å²) in [7, 11) is 0. The van der Waals surface area contributed by atoms with E-state index in [1.54, 1.807) is 6.92 Å². The number of hydrogen-bond acceptors (Lipinski definition) is 3. The average molecular weight is 264 g/mol. The van der Waals surface area contributed by atoms with E-state index in [-0.39, 0.29) is 0 Å². The van der Waals surface area contributed by atoms with Crippen LogP contribution in [0.1, 0.15) is 12.5 Å². The summed E-state index contributed by atoms with van der Waals surface area (Å²) in [6, 6.07) is 15.2. The number of nitrogens with one attached hydrogen (secondary N) is 1. The molecule has 0 aliphatic carbocycles. The molecule has 2 aromatic rings. The zero-order valence-corrected chi connectivity index (χ0v) is 10.9. The molecule has 2 amide bonds. The molecule has 1 saturated heterocycles. The highest BCUT2D eigenvalue weighted by Gasteiger charge is 2.54. The first kappa shape index (κ1) is 12.4. The molecular formula is C16H12N2O2. The van der Waals surface area contributed by atoms with Crippen molar-refractivity contribution in [3.63, 3.8) is 0 Å². The maximum Gasteiger partial charge on any atom is 0.245 e. The largest absolute Gasteiger partial charge is 0.294 e. The van der Waals surface area contributed by atoms with Gasteiger partial charge in [-0.25, -0.2) is 0 Å². The van der Waals surface area contributed by atoms with E-state index in [2.05, 4.69) is 5.32 Å². The molecule has 0 bridgehead atoms. The van der Waals surface area contributed by atoms with Gasteiger partial charge in [0, 0.05) is 0 Å². The van der Waals surface area contributed by atoms with Crippen LogP contribution < -0.4 is 5.32 Å². The van der Waals surface area contributed by atoms with Crippen molar-refractivity contribution in [2.24, 2.45) is 5.92 Å². The summed E-state index contributed by atoms with van der Waals surface area (Å²) in [4.78, 5) is 24.0. The van der Waals surface area contributed by atoms with Gasteiger partial charge in [-0.05, 0) is 23.3 Å². The number of carbonyl (C=O) groups excluding carboxylic acids is 2. The van der Waals surface area contributed by atoms with E-state index in [0.29, 0.717) is 5.56 Å². The van der Waals surface area contributed by atoms with Crippen molar-refractivity contribution < 1.29 is 9.59 Å². The van der Waals surface area contributed by atoms with E-state index in [9.17, 15) is 14.9 Å². The highest BCUT2D eigenvalue weighted by atomic mass is 16.2. The van der Waals surface area contributed by atoms with Crippen molar-refractivity contribution in [3.05, 3.63) is 48.0 Å². The average Bonchev–Trinajstić information content (AvgIpc) is 2.68. The molecule has 2 unspecified atom stereocenters. The second-order valence-corrected chi connectivity index (χ2v) is 5.11. The van der Waals surface area contributed by atoms with Crippen molar-refractivity contribution in [1.29, 1.82) is 5.26 Å². The lowest BCUT2D eigenvalue weighted by Crippen LogP contribution is -2.36. The SMILES string of the molecule is CC1(c2cccc3ccccc23)C(=O)NC(=O)C1C#N. The summed E-state index contributed by atoms with van der Waals surface area (Å²) in [5.41, 5.74) is -0.433. The van der Waals surface area contributed by atoms with Gasteiger partial charge in [0.2, 0.25) is 11.8 Å². The summed E-state index contributed by atoms with van der Waals surface area (Å²) in [5.74, 6) is -1.93. The molecule has 0 spiro atoms. The molecule has 2 aromatic carbocycles. The van der Waals surface area contributed by atoms with Crippen molar-refractivity contribution in [2.45, 2.75) is 12.3 Å². The molecule has 98 valence electrons. The Balaban J connectivity index is 2.32. The molecule has 1 N–H and O–H groups in total. The molecular weight excluding hydrogens is 252 g/mol. The Kier molecular flexibility index (Phi) is 2.58. The Morgan fingerprint density at radius 1 is 1.15 bits per heavy atom. The highest BCUT2D eigenvalue weighted by molar-refractivity contribution is 6.13. The van der Waals surface area contributed by atoms with Crippen LogP contribution in [-0.2, 0) is 15.0 Å². The van der Waals surface area contributed by atoms with E-state index >= 15 is 0 Å². The molecule has 1 fully saturated rings. The van der Waals surface area contributed by atoms with Crippen LogP contribution in [0.5, 0.6) is 0 Å². The van der Waals surface area contributed by atoms with E-state index in [4.69, 9.17) is 0 Å². The fourth-order valence-corrected chi connectivity index (χ4v) is 2.85. The monoisotopic (exact) mass is 264 g/mol. The molecule has 0 saturated carbocycles. The number of nitrogens with zero attached hydrogens (tertiary/aromatic N) is 1. The maximum absolute atomic E-state index is 12.2. The summed E-state index contributed by atoms with van der Waals surface area (Å²) in [6.45, 7) is 1.66. The highest BCUT2D eigenvalue weighted by Crippen LogP contribution is 2.39. The predicted molar refractivity (Wildman–Crippen MR) is 73.6 cm³/mol. The number of benzene rings is 2. The first-order valence-electron chi connectivity index (χ1n) is 6.32. The van der Waals surface area contributed by atoms with Gasteiger partial charge in [-0.2, -0.15) is 5.26 Å². The fourth-order valence-electron chi connectivity index (χ4n) is 2.85. The summed E-state index contributed by atoms with van der Waals surface area (Å²) < 4.78 is 0. The molecule has 20 heavy (non-hydrogen) atoms. The van der Waals surface area contributed by atoms with Gasteiger partial charge >= 0.3 is 0 Å². The van der Waals surface area contributed by atoms with Gasteiger partial charge in [0.15, 0.2) is 0 Å². The molecule has 1 aliphatic heterocycles. The zero-order valence-electron chi connectivity index (χ0n) is 10.9. The molecule has 3 rings (SSSR count). The molecule has 0 aromatic heterocycles. The Labute approximate surface area is 116 Å². The lowest BCUT2D eigenvalue weighted by Gasteiger charge is -2.25. The van der Waals surface area contributed by atoms with Crippen LogP contribution >= 0.6 is 0 Å². The number of imide groups is 1. The van der Waals surface area contributed by atoms with Crippen LogP contribution in [0.25, 0.3) is 10.8 Å². The molecule has 1 aliphatic rings. The van der Waals surface area contributed by atoms with E-state index in [1.807, 2.05) is 48.5 Å². The van der Waals surface area contributed by atoms with Gasteiger partial charge in [-0.15, -0.1) is 0 Å². The van der Waals surface area contributed by atoms with Gasteiger partial charge < -0.3 is 0 Å². The Hall–Kier alpha value is -2.67. The Morgan fingerprint density at radius 2 is 1.85 bits per heavy atom. The third-order valence-corrected chi connectivity index (χ3v) is 4.03. The summed E-state index contributed by atoms with van der Waals surface area (Å²) in [5, 5.41) is 13.4. The lowest BCUT2D eigenvalue weighted by molar-refractivity contribution is -0.126. The van der Waals surface area contributed by atoms with Crippen molar-refractivity contribution in [2.75, 3.05) is 0 Å². The second-order valence-electron chi connectivity index (χ2n) is 5.11. The minimum Gasteiger partial charge on any atom is -0.294 e. The minimum atomic E-state index is -1.15. The van der Waals surface area contributed by atoms with Crippen LogP contribution in [0, 0.1) is 17.2 Å². The molecule has 4 heteroatoms. The van der Waals surface area contributed by atoms with Gasteiger partial charge in [-0.3, -0.25) is 14.9 Å². The van der Waals surface area contributed by atoms with E-state index in [1.165, 1.54) is 0 Å². The van der Waals surface area contributed by atoms with Crippen LogP contribution in [-0.4, -0.2) is 11.8 Å². The van der Waals surface area contributed by atoms with Crippen LogP contribution in [0.15, 0.2) is 42.5 Å². The minimum absolute atomic E-state index is 0.412. The number of amides is 2. The zero-order chi connectivity index (χ0) is 14.3. The van der Waals surface area contributed by atoms with Crippen LogP contribution in [0.2, 0.25) is 0 Å². The van der Waals surface area contributed by atoms with E-state index < -0.39 is 23.1 Å². The topological polar surface area (TPSA) is 70.0 Å². The predicted octanol–water partition coefficient (Wildman–Crippen LogP) is 1.89. The molecule has 4 nitrogen and oxygen atoms in total. The Morgan fingerprint density at radius 3 is 2.60 bits per heavy atom. The number of carbonyl (C=O) groups is 2. The maximum atomic E-state index is 12.2. The smallest absolute Gasteiger partial charge is 0.245 e. The number of hydrogen-bond donors (Lipinski definition) is 1. The van der Waals surface area contributed by atoms with Crippen LogP contribution in [0.3, 0.4) is 0 Å². The van der Waals surface area contributed by atoms with Gasteiger partial charge in [-0.1, -0.05) is 42.5 Å². The molecule has 0 radical (unpaired) electrons. The number of rotatable bonds is 1. The summed E-state index contributed by atoms with van der Waals surface area (Å²) >= 11 is 0. The standard InChI is InChI=1S/C16H12N2O2/c1-16(13(9-17)14(19)18-15(16)20)12-8-4-6-10-5-2-3-7-11(10)12/h2-8,13H,1H3,(H,18,19,20). The van der Waals surface area contributed by atoms with Gasteiger partial charge in [0.05, 0.1) is 11.5 Å². The van der Waals surface area contributed by atoms with Crippen molar-refractivity contribution in [1.82, 2.24) is 5.32 Å². The fraction of sp³-hybridized carbons (Fsp3) is 0.188. The van der Waals surface area contributed by atoms with Gasteiger partial charge in [0.25, 0.3) is 0 Å². The quantitative estimate of drug-likeness (QED) is 0.800. The third-order valence-electron chi connectivity index (χ3n) is 4.03. The van der Waals surface area contributed by atoms with E-state index in [0.717, 1.165) is 10.8 Å².